The number of rotatable bonds is 12. The predicted molar refractivity (Wildman–Crippen MR) is 138 cm³/mol. The second-order valence-corrected chi connectivity index (χ2v) is 10.9. The lowest BCUT2D eigenvalue weighted by atomic mass is 9.81. The number of piperidine rings is 1. The zero-order chi connectivity index (χ0) is 23.8. The molecule has 0 bridgehead atoms. The standard InChI is InChI=1S/C25H34N4O3S2/c1-31-20-4-6-23-22(15-20)21(7-9-26-23)24(28-32-2)5-3-18-8-11-29(16-19(18)17-30)12-14-34-25-27-10-13-33-25/h4,6-7,9-10,13,15,18-19,24,28,30H,3,5,8,11-12,14,16-17H2,1-2H3/t18-,19-,24?/m1/s1. The van der Waals surface area contributed by atoms with Crippen molar-refractivity contribution < 1.29 is 14.7 Å². The molecule has 3 aromatic rings. The number of aliphatic hydroxyl groups is 1. The van der Waals surface area contributed by atoms with Gasteiger partial charge in [0.05, 0.1) is 25.8 Å². The Morgan fingerprint density at radius 1 is 1.24 bits per heavy atom. The van der Waals surface area contributed by atoms with Crippen LogP contribution in [0.15, 0.2) is 46.4 Å². The van der Waals surface area contributed by atoms with Crippen molar-refractivity contribution >= 4 is 34.0 Å². The highest BCUT2D eigenvalue weighted by atomic mass is 32.2. The molecule has 184 valence electrons. The molecule has 9 heteroatoms. The first kappa shape index (κ1) is 25.3. The molecule has 1 aromatic carbocycles. The number of nitrogens with one attached hydrogen (secondary N) is 1. The molecule has 1 unspecified atom stereocenters. The summed E-state index contributed by atoms with van der Waals surface area (Å²) < 4.78 is 6.57. The van der Waals surface area contributed by atoms with Gasteiger partial charge in [0.15, 0.2) is 0 Å². The molecule has 0 radical (unpaired) electrons. The lowest BCUT2D eigenvalue weighted by Gasteiger charge is -2.38. The number of thiazole rings is 1. The highest BCUT2D eigenvalue weighted by Gasteiger charge is 2.29. The third kappa shape index (κ3) is 6.47. The van der Waals surface area contributed by atoms with Gasteiger partial charge >= 0.3 is 0 Å². The molecule has 34 heavy (non-hydrogen) atoms. The third-order valence-corrected chi connectivity index (χ3v) is 8.64. The van der Waals surface area contributed by atoms with Gasteiger partial charge in [0.2, 0.25) is 0 Å². The van der Waals surface area contributed by atoms with Crippen molar-refractivity contribution in [1.29, 1.82) is 0 Å². The van der Waals surface area contributed by atoms with Crippen molar-refractivity contribution in [3.63, 3.8) is 0 Å². The fourth-order valence-corrected chi connectivity index (χ4v) is 6.58. The van der Waals surface area contributed by atoms with Gasteiger partial charge in [-0.3, -0.25) is 4.98 Å². The number of likely N-dealkylation sites (tertiary alicyclic amines) is 1. The van der Waals surface area contributed by atoms with E-state index in [1.165, 1.54) is 0 Å². The average molecular weight is 503 g/mol. The number of pyridine rings is 1. The monoisotopic (exact) mass is 502 g/mol. The second kappa shape index (κ2) is 12.8. The molecule has 1 saturated heterocycles. The molecular weight excluding hydrogens is 468 g/mol. The fraction of sp³-hybridized carbons (Fsp3) is 0.520. The van der Waals surface area contributed by atoms with Crippen LogP contribution in [-0.2, 0) is 4.84 Å². The van der Waals surface area contributed by atoms with Gasteiger partial charge in [-0.25, -0.2) is 4.98 Å². The van der Waals surface area contributed by atoms with E-state index in [1.54, 1.807) is 25.6 Å². The Kier molecular flexibility index (Phi) is 9.55. The van der Waals surface area contributed by atoms with Crippen molar-refractivity contribution in [3.8, 4) is 5.75 Å². The molecule has 0 amide bonds. The zero-order valence-corrected chi connectivity index (χ0v) is 21.5. The Balaban J connectivity index is 1.36. The molecule has 2 aromatic heterocycles. The van der Waals surface area contributed by atoms with Gasteiger partial charge in [-0.15, -0.1) is 11.3 Å². The summed E-state index contributed by atoms with van der Waals surface area (Å²) in [5.41, 5.74) is 5.30. The number of aromatic nitrogens is 2. The summed E-state index contributed by atoms with van der Waals surface area (Å²) in [6.45, 7) is 3.30. The molecule has 4 rings (SSSR count). The molecule has 1 aliphatic heterocycles. The quantitative estimate of drug-likeness (QED) is 0.279. The SMILES string of the molecule is CONC(CC[C@@H]1CCN(CCSc2nccs2)C[C@@H]1CO)c1ccnc2ccc(OC)cc12. The van der Waals surface area contributed by atoms with E-state index in [0.717, 1.165) is 71.2 Å². The summed E-state index contributed by atoms with van der Waals surface area (Å²) in [5, 5.41) is 13.2. The van der Waals surface area contributed by atoms with Crippen LogP contribution in [0, 0.1) is 11.8 Å². The largest absolute Gasteiger partial charge is 0.497 e. The molecular formula is C25H34N4O3S2. The predicted octanol–water partition coefficient (Wildman–Crippen LogP) is 4.39. The molecule has 3 atom stereocenters. The first-order valence-corrected chi connectivity index (χ1v) is 13.6. The van der Waals surface area contributed by atoms with Gasteiger partial charge in [-0.2, -0.15) is 5.48 Å². The maximum Gasteiger partial charge on any atom is 0.149 e. The molecule has 1 fully saturated rings. The topological polar surface area (TPSA) is 79.7 Å². The Labute approximate surface area is 209 Å². The van der Waals surface area contributed by atoms with Crippen LogP contribution >= 0.6 is 23.1 Å². The summed E-state index contributed by atoms with van der Waals surface area (Å²) in [7, 11) is 3.34. The van der Waals surface area contributed by atoms with E-state index >= 15 is 0 Å². The van der Waals surface area contributed by atoms with E-state index < -0.39 is 0 Å². The number of hydrogen-bond donors (Lipinski definition) is 2. The van der Waals surface area contributed by atoms with Crippen LogP contribution in [-0.4, -0.2) is 66.2 Å². The summed E-state index contributed by atoms with van der Waals surface area (Å²) in [6.07, 6.45) is 6.77. The summed E-state index contributed by atoms with van der Waals surface area (Å²) in [4.78, 5) is 16.7. The van der Waals surface area contributed by atoms with E-state index in [1.807, 2.05) is 47.7 Å². The van der Waals surface area contributed by atoms with Gasteiger partial charge in [-0.1, -0.05) is 11.8 Å². The molecule has 2 N–H and O–H groups in total. The fourth-order valence-electron chi connectivity index (χ4n) is 4.87. The Bertz CT molecular complexity index is 1020. The molecule has 7 nitrogen and oxygen atoms in total. The maximum atomic E-state index is 10.1. The minimum Gasteiger partial charge on any atom is -0.497 e. The average Bonchev–Trinajstić information content (AvgIpc) is 3.40. The van der Waals surface area contributed by atoms with Crippen molar-refractivity contribution in [2.24, 2.45) is 11.8 Å². The number of nitrogens with zero attached hydrogens (tertiary/aromatic N) is 3. The highest BCUT2D eigenvalue weighted by Crippen LogP contribution is 2.34. The van der Waals surface area contributed by atoms with Gasteiger partial charge in [0, 0.05) is 48.6 Å². The van der Waals surface area contributed by atoms with Crippen LogP contribution < -0.4 is 10.2 Å². The van der Waals surface area contributed by atoms with Crippen molar-refractivity contribution in [2.45, 2.75) is 29.6 Å². The van der Waals surface area contributed by atoms with Crippen LogP contribution in [0.3, 0.4) is 0 Å². The molecule has 0 aliphatic carbocycles. The van der Waals surface area contributed by atoms with Crippen LogP contribution in [0.5, 0.6) is 5.75 Å². The number of methoxy groups -OCH3 is 1. The van der Waals surface area contributed by atoms with Gasteiger partial charge in [0.1, 0.15) is 10.1 Å². The van der Waals surface area contributed by atoms with E-state index in [2.05, 4.69) is 26.4 Å². The number of hydroxylamine groups is 1. The van der Waals surface area contributed by atoms with Crippen LogP contribution in [0.1, 0.15) is 30.9 Å². The third-order valence-electron chi connectivity index (χ3n) is 6.70. The maximum absolute atomic E-state index is 10.1. The smallest absolute Gasteiger partial charge is 0.149 e. The van der Waals surface area contributed by atoms with E-state index in [-0.39, 0.29) is 12.6 Å². The van der Waals surface area contributed by atoms with Crippen LogP contribution in [0.2, 0.25) is 0 Å². The number of fused-ring (bicyclic) bond motifs is 1. The number of aliphatic hydroxyl groups excluding tert-OH is 1. The second-order valence-electron chi connectivity index (χ2n) is 8.67. The van der Waals surface area contributed by atoms with E-state index in [0.29, 0.717) is 11.8 Å². The first-order chi connectivity index (χ1) is 16.7. The Morgan fingerprint density at radius 2 is 2.15 bits per heavy atom. The number of ether oxygens (including phenoxy) is 1. The lowest BCUT2D eigenvalue weighted by Crippen LogP contribution is -2.43. The van der Waals surface area contributed by atoms with Gasteiger partial charge in [0.25, 0.3) is 0 Å². The lowest BCUT2D eigenvalue weighted by molar-refractivity contribution is 0.0434. The van der Waals surface area contributed by atoms with E-state index in [4.69, 9.17) is 9.57 Å². The van der Waals surface area contributed by atoms with Crippen molar-refractivity contribution in [1.82, 2.24) is 20.3 Å². The summed E-state index contributed by atoms with van der Waals surface area (Å²) in [6, 6.07) is 8.07. The highest BCUT2D eigenvalue weighted by molar-refractivity contribution is 8.01. The van der Waals surface area contributed by atoms with Crippen LogP contribution in [0.4, 0.5) is 0 Å². The number of benzene rings is 1. The van der Waals surface area contributed by atoms with Crippen molar-refractivity contribution in [2.75, 3.05) is 46.2 Å². The van der Waals surface area contributed by atoms with E-state index in [9.17, 15) is 5.11 Å². The zero-order valence-electron chi connectivity index (χ0n) is 19.9. The van der Waals surface area contributed by atoms with Gasteiger partial charge in [-0.05, 0) is 67.5 Å². The first-order valence-electron chi connectivity index (χ1n) is 11.8. The summed E-state index contributed by atoms with van der Waals surface area (Å²) in [5.74, 6) is 2.65. The molecule has 0 saturated carbocycles. The summed E-state index contributed by atoms with van der Waals surface area (Å²) >= 11 is 3.51. The van der Waals surface area contributed by atoms with Gasteiger partial charge < -0.3 is 19.6 Å². The Hall–Kier alpha value is -1.75. The van der Waals surface area contributed by atoms with Crippen molar-refractivity contribution in [3.05, 3.63) is 47.6 Å². The molecule has 3 heterocycles. The molecule has 0 spiro atoms. The molecule has 1 aliphatic rings. The number of thioether (sulfide) groups is 1. The van der Waals surface area contributed by atoms with Crippen LogP contribution in [0.25, 0.3) is 10.9 Å². The minimum absolute atomic E-state index is 0.0367. The minimum atomic E-state index is 0.0367. The number of hydrogen-bond acceptors (Lipinski definition) is 9. The Morgan fingerprint density at radius 3 is 2.91 bits per heavy atom. The normalized spacial score (nSPS) is 20.0.